The average molecular weight is 357 g/mol. The molecule has 0 bridgehead atoms. The van der Waals surface area contributed by atoms with Crippen LogP contribution in [0.4, 0.5) is 0 Å². The summed E-state index contributed by atoms with van der Waals surface area (Å²) in [5.41, 5.74) is 2.79. The lowest BCUT2D eigenvalue weighted by molar-refractivity contribution is -0.119. The van der Waals surface area contributed by atoms with Crippen molar-refractivity contribution in [1.29, 1.82) is 0 Å². The number of likely N-dealkylation sites (tertiary alicyclic amines) is 1. The first kappa shape index (κ1) is 17.6. The Bertz CT molecular complexity index is 754. The summed E-state index contributed by atoms with van der Waals surface area (Å²) < 4.78 is 0. The third-order valence-corrected chi connectivity index (χ3v) is 5.50. The highest BCUT2D eigenvalue weighted by molar-refractivity contribution is 7.09. The van der Waals surface area contributed by atoms with Gasteiger partial charge in [0.15, 0.2) is 0 Å². The highest BCUT2D eigenvalue weighted by Gasteiger charge is 2.27. The van der Waals surface area contributed by atoms with E-state index in [1.165, 1.54) is 6.92 Å². The summed E-state index contributed by atoms with van der Waals surface area (Å²) in [4.78, 5) is 30.3. The lowest BCUT2D eigenvalue weighted by atomic mass is 9.98. The third-order valence-electron chi connectivity index (χ3n) is 4.44. The van der Waals surface area contributed by atoms with E-state index in [0.29, 0.717) is 13.1 Å². The molecule has 0 saturated carbocycles. The van der Waals surface area contributed by atoms with E-state index in [4.69, 9.17) is 0 Å². The van der Waals surface area contributed by atoms with Crippen LogP contribution in [0.1, 0.15) is 52.3 Å². The van der Waals surface area contributed by atoms with Crippen LogP contribution in [-0.4, -0.2) is 34.8 Å². The number of hydrogen-bond acceptors (Lipinski definition) is 4. The van der Waals surface area contributed by atoms with Gasteiger partial charge in [0, 0.05) is 36.9 Å². The molecule has 0 spiro atoms. The summed E-state index contributed by atoms with van der Waals surface area (Å²) in [6, 6.07) is 7.75. The Labute approximate surface area is 152 Å². The number of piperidine rings is 1. The third kappa shape index (κ3) is 4.45. The zero-order valence-electron chi connectivity index (χ0n) is 14.6. The highest BCUT2D eigenvalue weighted by Crippen LogP contribution is 2.30. The van der Waals surface area contributed by atoms with Gasteiger partial charge in [0.05, 0.1) is 17.2 Å². The summed E-state index contributed by atoms with van der Waals surface area (Å²) in [6.45, 7) is 5.49. The molecule has 1 fully saturated rings. The molecule has 1 aliphatic rings. The molecule has 0 radical (unpaired) electrons. The first-order valence-electron chi connectivity index (χ1n) is 8.57. The molecule has 2 aromatic rings. The van der Waals surface area contributed by atoms with E-state index in [-0.39, 0.29) is 17.7 Å². The molecule has 1 unspecified atom stereocenters. The van der Waals surface area contributed by atoms with Crippen LogP contribution in [0.2, 0.25) is 0 Å². The van der Waals surface area contributed by atoms with Gasteiger partial charge in [0.2, 0.25) is 5.91 Å². The van der Waals surface area contributed by atoms with Gasteiger partial charge in [-0.05, 0) is 31.9 Å². The van der Waals surface area contributed by atoms with Crippen LogP contribution in [0.5, 0.6) is 0 Å². The van der Waals surface area contributed by atoms with E-state index in [0.717, 1.165) is 41.2 Å². The topological polar surface area (TPSA) is 62.3 Å². The first-order chi connectivity index (χ1) is 12.0. The maximum Gasteiger partial charge on any atom is 0.253 e. The van der Waals surface area contributed by atoms with Crippen LogP contribution in [0.3, 0.4) is 0 Å². The number of nitrogens with zero attached hydrogens (tertiary/aromatic N) is 2. The number of nitrogens with one attached hydrogen (secondary N) is 1. The first-order valence-corrected chi connectivity index (χ1v) is 9.45. The standard InChI is InChI=1S/C19H23N3O2S/c1-13-5-7-15(8-6-13)19(24)22-9-3-4-16(11-22)18-21-17(12-25-18)10-20-14(2)23/h5-8,12,16H,3-4,9-11H2,1-2H3,(H,20,23). The molecule has 1 aliphatic heterocycles. The van der Waals surface area contributed by atoms with Crippen molar-refractivity contribution < 1.29 is 9.59 Å². The molecule has 1 N–H and O–H groups in total. The smallest absolute Gasteiger partial charge is 0.253 e. The molecule has 1 aromatic carbocycles. The molecule has 2 amide bonds. The minimum absolute atomic E-state index is 0.0536. The Morgan fingerprint density at radius 1 is 1.32 bits per heavy atom. The monoisotopic (exact) mass is 357 g/mol. The van der Waals surface area contributed by atoms with Crippen molar-refractivity contribution in [3.05, 3.63) is 51.5 Å². The van der Waals surface area contributed by atoms with Gasteiger partial charge in [0.1, 0.15) is 0 Å². The zero-order chi connectivity index (χ0) is 17.8. The van der Waals surface area contributed by atoms with E-state index >= 15 is 0 Å². The van der Waals surface area contributed by atoms with E-state index < -0.39 is 0 Å². The molecule has 3 rings (SSSR count). The minimum Gasteiger partial charge on any atom is -0.351 e. The van der Waals surface area contributed by atoms with Crippen molar-refractivity contribution in [1.82, 2.24) is 15.2 Å². The molecule has 1 aromatic heterocycles. The summed E-state index contributed by atoms with van der Waals surface area (Å²) in [5, 5.41) is 5.82. The van der Waals surface area contributed by atoms with Gasteiger partial charge in [-0.3, -0.25) is 9.59 Å². The number of benzene rings is 1. The van der Waals surface area contributed by atoms with Gasteiger partial charge in [-0.25, -0.2) is 4.98 Å². The van der Waals surface area contributed by atoms with E-state index in [2.05, 4.69) is 10.3 Å². The Kier molecular flexibility index (Phi) is 5.48. The number of aromatic nitrogens is 1. The number of aryl methyl sites for hydroxylation is 1. The second kappa shape index (κ2) is 7.78. The Morgan fingerprint density at radius 3 is 2.80 bits per heavy atom. The van der Waals surface area contributed by atoms with Crippen molar-refractivity contribution in [3.63, 3.8) is 0 Å². The van der Waals surface area contributed by atoms with Crippen LogP contribution in [0.25, 0.3) is 0 Å². The molecular weight excluding hydrogens is 334 g/mol. The second-order valence-electron chi connectivity index (χ2n) is 6.54. The van der Waals surface area contributed by atoms with Crippen molar-refractivity contribution in [2.24, 2.45) is 0 Å². The molecule has 0 aliphatic carbocycles. The summed E-state index contributed by atoms with van der Waals surface area (Å²) in [7, 11) is 0. The molecule has 5 nitrogen and oxygen atoms in total. The van der Waals surface area contributed by atoms with Crippen molar-refractivity contribution in [2.75, 3.05) is 13.1 Å². The summed E-state index contributed by atoms with van der Waals surface area (Å²) >= 11 is 1.62. The Morgan fingerprint density at radius 2 is 2.08 bits per heavy atom. The molecule has 1 atom stereocenters. The van der Waals surface area contributed by atoms with E-state index in [9.17, 15) is 9.59 Å². The fraction of sp³-hybridized carbons (Fsp3) is 0.421. The SMILES string of the molecule is CC(=O)NCc1csc(C2CCCN(C(=O)c3ccc(C)cc3)C2)n1. The number of thiazole rings is 1. The number of hydrogen-bond donors (Lipinski definition) is 1. The minimum atomic E-state index is -0.0536. The quantitative estimate of drug-likeness (QED) is 0.914. The van der Waals surface area contributed by atoms with E-state index in [1.54, 1.807) is 11.3 Å². The lowest BCUT2D eigenvalue weighted by Gasteiger charge is -2.32. The van der Waals surface area contributed by atoms with E-state index in [1.807, 2.05) is 41.5 Å². The molecule has 6 heteroatoms. The van der Waals surface area contributed by atoms with Gasteiger partial charge >= 0.3 is 0 Å². The maximum atomic E-state index is 12.7. The zero-order valence-corrected chi connectivity index (χ0v) is 15.4. The molecule has 2 heterocycles. The van der Waals surface area contributed by atoms with Crippen molar-refractivity contribution in [2.45, 2.75) is 39.2 Å². The highest BCUT2D eigenvalue weighted by atomic mass is 32.1. The van der Waals surface area contributed by atoms with Gasteiger partial charge in [-0.2, -0.15) is 0 Å². The Balaban J connectivity index is 1.65. The maximum absolute atomic E-state index is 12.7. The lowest BCUT2D eigenvalue weighted by Crippen LogP contribution is -2.39. The fourth-order valence-electron chi connectivity index (χ4n) is 3.05. The molecular formula is C19H23N3O2S. The second-order valence-corrected chi connectivity index (χ2v) is 7.43. The van der Waals surface area contributed by atoms with Gasteiger partial charge in [-0.15, -0.1) is 11.3 Å². The van der Waals surface area contributed by atoms with Gasteiger partial charge < -0.3 is 10.2 Å². The number of rotatable bonds is 4. The van der Waals surface area contributed by atoms with Crippen molar-refractivity contribution in [3.8, 4) is 0 Å². The van der Waals surface area contributed by atoms with Crippen LogP contribution in [0, 0.1) is 6.92 Å². The summed E-state index contributed by atoms with van der Waals surface area (Å²) in [6.07, 6.45) is 2.04. The van der Waals surface area contributed by atoms with Crippen LogP contribution < -0.4 is 5.32 Å². The number of amides is 2. The van der Waals surface area contributed by atoms with Gasteiger partial charge in [-0.1, -0.05) is 17.7 Å². The van der Waals surface area contributed by atoms with Crippen LogP contribution in [0.15, 0.2) is 29.6 Å². The number of carbonyl (C=O) groups excluding carboxylic acids is 2. The summed E-state index contributed by atoms with van der Waals surface area (Å²) in [5.74, 6) is 0.320. The normalized spacial score (nSPS) is 17.4. The number of carbonyl (C=O) groups is 2. The molecule has 132 valence electrons. The van der Waals surface area contributed by atoms with Gasteiger partial charge in [0.25, 0.3) is 5.91 Å². The predicted octanol–water partition coefficient (Wildman–Crippen LogP) is 3.11. The van der Waals surface area contributed by atoms with Crippen LogP contribution >= 0.6 is 11.3 Å². The molecule has 1 saturated heterocycles. The fourth-order valence-corrected chi connectivity index (χ4v) is 4.00. The largest absolute Gasteiger partial charge is 0.351 e. The van der Waals surface area contributed by atoms with Crippen molar-refractivity contribution >= 4 is 23.2 Å². The Hall–Kier alpha value is -2.21. The average Bonchev–Trinajstić information content (AvgIpc) is 3.09. The predicted molar refractivity (Wildman–Crippen MR) is 98.7 cm³/mol. The molecule has 25 heavy (non-hydrogen) atoms. The van der Waals surface area contributed by atoms with Crippen LogP contribution in [-0.2, 0) is 11.3 Å².